The first-order chi connectivity index (χ1) is 7.15. The van der Waals surface area contributed by atoms with Gasteiger partial charge in [0.2, 0.25) is 0 Å². The van der Waals surface area contributed by atoms with E-state index in [4.69, 9.17) is 4.74 Å². The summed E-state index contributed by atoms with van der Waals surface area (Å²) in [4.78, 5) is 28.5. The van der Waals surface area contributed by atoms with E-state index in [0.717, 1.165) is 0 Å². The maximum absolute atomic E-state index is 11.3. The molecule has 0 bridgehead atoms. The lowest BCUT2D eigenvalue weighted by molar-refractivity contribution is -0.146. The summed E-state index contributed by atoms with van der Waals surface area (Å²) in [6.45, 7) is 1.61. The van der Waals surface area contributed by atoms with Crippen molar-refractivity contribution in [2.75, 3.05) is 13.7 Å². The largest absolute Gasteiger partial charge is 0.469 e. The number of H-pyrrole nitrogens is 1. The minimum absolute atomic E-state index is 0.00940. The lowest BCUT2D eigenvalue weighted by atomic mass is 10.2. The molecule has 0 radical (unpaired) electrons. The first kappa shape index (κ1) is 11.2. The molecule has 15 heavy (non-hydrogen) atoms. The number of rotatable bonds is 4. The van der Waals surface area contributed by atoms with Crippen LogP contribution in [0.2, 0.25) is 0 Å². The number of hydrogen-bond acceptors (Lipinski definition) is 5. The Hall–Kier alpha value is -1.85. The predicted octanol–water partition coefficient (Wildman–Crippen LogP) is 0.376. The van der Waals surface area contributed by atoms with E-state index in [1.54, 1.807) is 6.92 Å². The third-order valence-corrected chi connectivity index (χ3v) is 1.79. The number of nitrogens with zero attached hydrogens (tertiary/aromatic N) is 1. The topological polar surface area (TPSA) is 81.3 Å². The Morgan fingerprint density at radius 3 is 2.87 bits per heavy atom. The van der Waals surface area contributed by atoms with E-state index in [1.165, 1.54) is 19.6 Å². The predicted molar refractivity (Wildman–Crippen MR) is 50.1 cm³/mol. The summed E-state index contributed by atoms with van der Waals surface area (Å²) in [6, 6.07) is 0. The second-order valence-electron chi connectivity index (χ2n) is 2.99. The zero-order chi connectivity index (χ0) is 11.3. The molecule has 0 saturated carbocycles. The van der Waals surface area contributed by atoms with Crippen molar-refractivity contribution in [3.8, 4) is 0 Å². The highest BCUT2D eigenvalue weighted by molar-refractivity contribution is 5.87. The van der Waals surface area contributed by atoms with Gasteiger partial charge in [-0.25, -0.2) is 9.78 Å². The molecule has 1 rings (SSSR count). The number of ether oxygens (including phenoxy) is 2. The minimum atomic E-state index is -0.539. The number of aromatic amines is 1. The zero-order valence-electron chi connectivity index (χ0n) is 8.52. The van der Waals surface area contributed by atoms with Crippen molar-refractivity contribution >= 4 is 11.9 Å². The Labute approximate surface area is 86.6 Å². The lowest BCUT2D eigenvalue weighted by Crippen LogP contribution is -2.20. The van der Waals surface area contributed by atoms with Crippen molar-refractivity contribution in [2.24, 2.45) is 5.92 Å². The molecule has 0 aromatic carbocycles. The molecule has 0 amide bonds. The van der Waals surface area contributed by atoms with Crippen LogP contribution in [0, 0.1) is 5.92 Å². The molecular formula is C9H12N2O4. The summed E-state index contributed by atoms with van der Waals surface area (Å²) in [5.74, 6) is -1.42. The summed E-state index contributed by atoms with van der Waals surface area (Å²) in [5, 5.41) is 0. The third-order valence-electron chi connectivity index (χ3n) is 1.79. The van der Waals surface area contributed by atoms with Crippen molar-refractivity contribution in [1.29, 1.82) is 0 Å². The second kappa shape index (κ2) is 5.14. The van der Waals surface area contributed by atoms with Crippen LogP contribution in [0.3, 0.4) is 0 Å². The van der Waals surface area contributed by atoms with E-state index >= 15 is 0 Å². The van der Waals surface area contributed by atoms with E-state index in [9.17, 15) is 9.59 Å². The molecule has 0 aliphatic rings. The highest BCUT2D eigenvalue weighted by atomic mass is 16.5. The first-order valence-corrected chi connectivity index (χ1v) is 4.38. The van der Waals surface area contributed by atoms with Crippen molar-refractivity contribution in [1.82, 2.24) is 9.97 Å². The van der Waals surface area contributed by atoms with Crippen LogP contribution in [0.5, 0.6) is 0 Å². The van der Waals surface area contributed by atoms with Gasteiger partial charge in [-0.05, 0) is 6.92 Å². The van der Waals surface area contributed by atoms with Gasteiger partial charge in [-0.1, -0.05) is 0 Å². The molecule has 0 saturated heterocycles. The van der Waals surface area contributed by atoms with Gasteiger partial charge in [0.25, 0.3) is 0 Å². The Morgan fingerprint density at radius 1 is 1.60 bits per heavy atom. The summed E-state index contributed by atoms with van der Waals surface area (Å²) in [7, 11) is 1.29. The average Bonchev–Trinajstić information content (AvgIpc) is 2.77. The second-order valence-corrected chi connectivity index (χ2v) is 2.99. The van der Waals surface area contributed by atoms with E-state index in [-0.39, 0.29) is 12.3 Å². The van der Waals surface area contributed by atoms with Gasteiger partial charge in [-0.2, -0.15) is 0 Å². The first-order valence-electron chi connectivity index (χ1n) is 4.38. The summed E-state index contributed by atoms with van der Waals surface area (Å²) < 4.78 is 9.34. The van der Waals surface area contributed by atoms with Gasteiger partial charge in [0.05, 0.1) is 25.6 Å². The fourth-order valence-corrected chi connectivity index (χ4v) is 0.915. The maximum atomic E-state index is 11.3. The number of nitrogens with one attached hydrogen (secondary N) is 1. The Kier molecular flexibility index (Phi) is 3.84. The van der Waals surface area contributed by atoms with Gasteiger partial charge in [0.1, 0.15) is 12.3 Å². The standard InChI is InChI=1S/C9H12N2O4/c1-6(8(12)14-2)4-15-9(13)7-3-10-5-11-7/h3,5-6H,4H2,1-2H3,(H,10,11). The van der Waals surface area contributed by atoms with Gasteiger partial charge < -0.3 is 14.5 Å². The van der Waals surface area contributed by atoms with Crippen LogP contribution in [0.1, 0.15) is 17.4 Å². The van der Waals surface area contributed by atoms with Gasteiger partial charge in [0.15, 0.2) is 0 Å². The van der Waals surface area contributed by atoms with E-state index < -0.39 is 17.9 Å². The Balaban J connectivity index is 2.38. The van der Waals surface area contributed by atoms with Gasteiger partial charge >= 0.3 is 11.9 Å². The molecule has 0 aliphatic heterocycles. The van der Waals surface area contributed by atoms with Crippen LogP contribution in [0.25, 0.3) is 0 Å². The summed E-state index contributed by atoms with van der Waals surface area (Å²) in [5.41, 5.74) is 0.257. The van der Waals surface area contributed by atoms with Gasteiger partial charge in [-0.3, -0.25) is 4.79 Å². The van der Waals surface area contributed by atoms with Crippen LogP contribution in [-0.2, 0) is 14.3 Å². The van der Waals surface area contributed by atoms with E-state index in [1.807, 2.05) is 0 Å². The van der Waals surface area contributed by atoms with Gasteiger partial charge in [-0.15, -0.1) is 0 Å². The Morgan fingerprint density at radius 2 is 2.33 bits per heavy atom. The van der Waals surface area contributed by atoms with Crippen LogP contribution >= 0.6 is 0 Å². The smallest absolute Gasteiger partial charge is 0.356 e. The Bertz CT molecular complexity index is 334. The molecule has 82 valence electrons. The summed E-state index contributed by atoms with van der Waals surface area (Å²) >= 11 is 0. The number of esters is 2. The number of aromatic nitrogens is 2. The highest BCUT2D eigenvalue weighted by Gasteiger charge is 2.16. The quantitative estimate of drug-likeness (QED) is 0.729. The molecule has 0 spiro atoms. The molecule has 1 aromatic rings. The summed E-state index contributed by atoms with van der Waals surface area (Å²) in [6.07, 6.45) is 2.73. The highest BCUT2D eigenvalue weighted by Crippen LogP contribution is 2.01. The molecule has 0 fully saturated rings. The zero-order valence-corrected chi connectivity index (χ0v) is 8.52. The lowest BCUT2D eigenvalue weighted by Gasteiger charge is -2.08. The van der Waals surface area contributed by atoms with Crippen LogP contribution in [0.15, 0.2) is 12.5 Å². The fourth-order valence-electron chi connectivity index (χ4n) is 0.915. The van der Waals surface area contributed by atoms with Crippen molar-refractivity contribution in [2.45, 2.75) is 6.92 Å². The van der Waals surface area contributed by atoms with Gasteiger partial charge in [0, 0.05) is 0 Å². The molecule has 6 heteroatoms. The number of carbonyl (C=O) groups is 2. The molecule has 6 nitrogen and oxygen atoms in total. The molecule has 1 aromatic heterocycles. The molecule has 1 N–H and O–H groups in total. The molecule has 0 aliphatic carbocycles. The number of imidazole rings is 1. The fraction of sp³-hybridized carbons (Fsp3) is 0.444. The van der Waals surface area contributed by atoms with Crippen molar-refractivity contribution in [3.63, 3.8) is 0 Å². The molecule has 1 atom stereocenters. The monoisotopic (exact) mass is 212 g/mol. The molecular weight excluding hydrogens is 200 g/mol. The van der Waals surface area contributed by atoms with Crippen LogP contribution in [0.4, 0.5) is 0 Å². The molecule has 1 unspecified atom stereocenters. The molecule has 1 heterocycles. The van der Waals surface area contributed by atoms with Crippen molar-refractivity contribution < 1.29 is 19.1 Å². The number of carbonyl (C=O) groups excluding carboxylic acids is 2. The van der Waals surface area contributed by atoms with Crippen LogP contribution < -0.4 is 0 Å². The van der Waals surface area contributed by atoms with Crippen molar-refractivity contribution in [3.05, 3.63) is 18.2 Å². The van der Waals surface area contributed by atoms with E-state index in [2.05, 4.69) is 14.7 Å². The number of hydrogen-bond donors (Lipinski definition) is 1. The normalized spacial score (nSPS) is 11.9. The SMILES string of the molecule is COC(=O)C(C)COC(=O)c1cnc[nH]1. The minimum Gasteiger partial charge on any atom is -0.469 e. The van der Waals surface area contributed by atoms with Crippen LogP contribution in [-0.4, -0.2) is 35.6 Å². The average molecular weight is 212 g/mol. The van der Waals surface area contributed by atoms with E-state index in [0.29, 0.717) is 0 Å². The maximum Gasteiger partial charge on any atom is 0.356 e. The number of methoxy groups -OCH3 is 1. The third kappa shape index (κ3) is 3.08.